The van der Waals surface area contributed by atoms with Crippen LogP contribution in [0.1, 0.15) is 15.9 Å². The van der Waals surface area contributed by atoms with Gasteiger partial charge in [0.15, 0.2) is 11.5 Å². The molecule has 0 saturated heterocycles. The predicted molar refractivity (Wildman–Crippen MR) is 103 cm³/mol. The van der Waals surface area contributed by atoms with Crippen LogP contribution >= 0.6 is 0 Å². The Morgan fingerprint density at radius 1 is 1.04 bits per heavy atom. The number of carboxylic acid groups (broad SMARTS) is 1. The first-order chi connectivity index (χ1) is 13.6. The highest BCUT2D eigenvalue weighted by molar-refractivity contribution is 5.90. The zero-order chi connectivity index (χ0) is 19.5. The van der Waals surface area contributed by atoms with Crippen LogP contribution in [0, 0.1) is 0 Å². The van der Waals surface area contributed by atoms with Crippen molar-refractivity contribution in [1.82, 2.24) is 5.43 Å². The number of aromatic carboxylic acids is 1. The highest BCUT2D eigenvalue weighted by atomic mass is 16.6. The minimum Gasteiger partial charge on any atom is -0.485 e. The van der Waals surface area contributed by atoms with Gasteiger partial charge >= 0.3 is 5.97 Å². The monoisotopic (exact) mass is 376 g/mol. The van der Waals surface area contributed by atoms with Crippen molar-refractivity contribution in [3.8, 4) is 11.5 Å². The average molecular weight is 376 g/mol. The molecule has 1 atom stereocenters. The maximum Gasteiger partial charge on any atom is 0.335 e. The summed E-state index contributed by atoms with van der Waals surface area (Å²) < 4.78 is 11.4. The van der Waals surface area contributed by atoms with E-state index in [0.29, 0.717) is 17.1 Å². The molecule has 1 aliphatic rings. The van der Waals surface area contributed by atoms with Gasteiger partial charge < -0.3 is 14.6 Å². The first kappa shape index (κ1) is 17.5. The molecule has 1 amide bonds. The molecule has 0 aliphatic carbocycles. The van der Waals surface area contributed by atoms with E-state index in [1.54, 1.807) is 12.1 Å². The van der Waals surface area contributed by atoms with E-state index in [1.165, 1.54) is 18.3 Å². The van der Waals surface area contributed by atoms with E-state index in [0.717, 1.165) is 10.8 Å². The molecule has 7 nitrogen and oxygen atoms in total. The van der Waals surface area contributed by atoms with Crippen molar-refractivity contribution in [2.24, 2.45) is 5.10 Å². The van der Waals surface area contributed by atoms with Crippen LogP contribution in [0.25, 0.3) is 10.8 Å². The van der Waals surface area contributed by atoms with Crippen molar-refractivity contribution in [2.75, 3.05) is 6.61 Å². The zero-order valence-electron chi connectivity index (χ0n) is 14.7. The third-order valence-corrected chi connectivity index (χ3v) is 4.31. The lowest BCUT2D eigenvalue weighted by molar-refractivity contribution is -0.130. The second-order valence-electron chi connectivity index (χ2n) is 6.23. The van der Waals surface area contributed by atoms with Crippen molar-refractivity contribution in [2.45, 2.75) is 6.10 Å². The summed E-state index contributed by atoms with van der Waals surface area (Å²) in [5, 5.41) is 14.8. The van der Waals surface area contributed by atoms with Crippen LogP contribution in [0.3, 0.4) is 0 Å². The van der Waals surface area contributed by atoms with Gasteiger partial charge in [0.25, 0.3) is 5.91 Å². The molecule has 3 aromatic carbocycles. The second kappa shape index (κ2) is 7.40. The van der Waals surface area contributed by atoms with Crippen LogP contribution in [-0.4, -0.2) is 35.9 Å². The number of hydrazone groups is 1. The molecule has 28 heavy (non-hydrogen) atoms. The molecule has 0 spiro atoms. The van der Waals surface area contributed by atoms with Gasteiger partial charge in [0.1, 0.15) is 6.61 Å². The number of nitrogens with one attached hydrogen (secondary N) is 1. The molecule has 0 radical (unpaired) electrons. The van der Waals surface area contributed by atoms with E-state index < -0.39 is 18.0 Å². The zero-order valence-corrected chi connectivity index (χ0v) is 14.7. The predicted octanol–water partition coefficient (Wildman–Crippen LogP) is 2.83. The summed E-state index contributed by atoms with van der Waals surface area (Å²) in [6.45, 7) is 0.0833. The van der Waals surface area contributed by atoms with Crippen LogP contribution in [0.15, 0.2) is 65.8 Å². The third kappa shape index (κ3) is 3.64. The summed E-state index contributed by atoms with van der Waals surface area (Å²) in [4.78, 5) is 23.1. The van der Waals surface area contributed by atoms with Crippen LogP contribution in [0.4, 0.5) is 0 Å². The van der Waals surface area contributed by atoms with E-state index in [1.807, 2.05) is 36.4 Å². The molecule has 0 aromatic heterocycles. The van der Waals surface area contributed by atoms with Gasteiger partial charge in [0.05, 0.1) is 11.8 Å². The maximum atomic E-state index is 12.3. The highest BCUT2D eigenvalue weighted by Crippen LogP contribution is 2.35. The minimum absolute atomic E-state index is 0.0833. The highest BCUT2D eigenvalue weighted by Gasteiger charge is 2.27. The molecule has 2 N–H and O–H groups in total. The molecular weight excluding hydrogens is 360 g/mol. The van der Waals surface area contributed by atoms with Gasteiger partial charge in [0, 0.05) is 0 Å². The maximum absolute atomic E-state index is 12.3. The number of carboxylic acids is 1. The lowest BCUT2D eigenvalue weighted by atomic mass is 10.1. The Hall–Kier alpha value is -3.87. The number of carbonyl (C=O) groups is 2. The first-order valence-electron chi connectivity index (χ1n) is 8.59. The largest absolute Gasteiger partial charge is 0.485 e. The van der Waals surface area contributed by atoms with Crippen LogP contribution in [0.2, 0.25) is 0 Å². The molecule has 1 aliphatic heterocycles. The van der Waals surface area contributed by atoms with Gasteiger partial charge in [-0.25, -0.2) is 10.2 Å². The summed E-state index contributed by atoms with van der Waals surface area (Å²) in [5.41, 5.74) is 3.25. The Morgan fingerprint density at radius 2 is 1.71 bits per heavy atom. The summed E-state index contributed by atoms with van der Waals surface area (Å²) >= 11 is 0. The Kier molecular flexibility index (Phi) is 4.63. The molecule has 0 unspecified atom stereocenters. The number of benzene rings is 3. The van der Waals surface area contributed by atoms with Crippen molar-refractivity contribution >= 4 is 28.9 Å². The standard InChI is InChI=1S/C21H16N2O5/c24-20(23-22-11-13-5-7-14(8-6-13)21(25)26)19-12-27-17-9-15-3-1-2-4-16(15)10-18(17)28-19/h1-11,19H,12H2,(H,23,24)(H,25,26)/b22-11+/t19-/m0/s1. The normalized spacial score (nSPS) is 15.5. The number of carbonyl (C=O) groups excluding carboxylic acids is 1. The quantitative estimate of drug-likeness (QED) is 0.539. The third-order valence-electron chi connectivity index (χ3n) is 4.31. The fourth-order valence-corrected chi connectivity index (χ4v) is 2.84. The van der Waals surface area contributed by atoms with E-state index >= 15 is 0 Å². The Bertz CT molecular complexity index is 1080. The van der Waals surface area contributed by atoms with Crippen LogP contribution in [-0.2, 0) is 4.79 Å². The fourth-order valence-electron chi connectivity index (χ4n) is 2.84. The van der Waals surface area contributed by atoms with Gasteiger partial charge in [-0.1, -0.05) is 36.4 Å². The molecule has 4 rings (SSSR count). The Labute approximate surface area is 160 Å². The Morgan fingerprint density at radius 3 is 2.39 bits per heavy atom. The summed E-state index contributed by atoms with van der Waals surface area (Å²) in [6.07, 6.45) is 0.606. The lowest BCUT2D eigenvalue weighted by Gasteiger charge is -2.25. The number of rotatable bonds is 4. The number of ether oxygens (including phenoxy) is 2. The van der Waals surface area contributed by atoms with Gasteiger partial charge in [0.2, 0.25) is 6.10 Å². The summed E-state index contributed by atoms with van der Waals surface area (Å²) in [7, 11) is 0. The average Bonchev–Trinajstić information content (AvgIpc) is 2.72. The number of fused-ring (bicyclic) bond motifs is 2. The topological polar surface area (TPSA) is 97.2 Å². The smallest absolute Gasteiger partial charge is 0.335 e. The molecule has 1 heterocycles. The van der Waals surface area contributed by atoms with E-state index in [4.69, 9.17) is 14.6 Å². The second-order valence-corrected chi connectivity index (χ2v) is 6.23. The van der Waals surface area contributed by atoms with Gasteiger partial charge in [-0.2, -0.15) is 5.10 Å². The molecule has 0 bridgehead atoms. The van der Waals surface area contributed by atoms with Crippen molar-refractivity contribution in [1.29, 1.82) is 0 Å². The van der Waals surface area contributed by atoms with E-state index in [9.17, 15) is 9.59 Å². The lowest BCUT2D eigenvalue weighted by Crippen LogP contribution is -2.42. The Balaban J connectivity index is 1.40. The SMILES string of the molecule is O=C(O)c1ccc(/C=N/NC(=O)[C@@H]2COc3cc4ccccc4cc3O2)cc1. The fraction of sp³-hybridized carbons (Fsp3) is 0.0952. The van der Waals surface area contributed by atoms with Crippen LogP contribution in [0.5, 0.6) is 11.5 Å². The molecular formula is C21H16N2O5. The molecule has 140 valence electrons. The first-order valence-corrected chi connectivity index (χ1v) is 8.59. The van der Waals surface area contributed by atoms with Gasteiger partial charge in [-0.3, -0.25) is 4.79 Å². The van der Waals surface area contributed by atoms with Crippen molar-refractivity contribution in [3.63, 3.8) is 0 Å². The van der Waals surface area contributed by atoms with Crippen LogP contribution < -0.4 is 14.9 Å². The van der Waals surface area contributed by atoms with Gasteiger partial charge in [-0.05, 0) is 40.6 Å². The van der Waals surface area contributed by atoms with Crippen molar-refractivity contribution in [3.05, 3.63) is 71.8 Å². The number of nitrogens with zero attached hydrogens (tertiary/aromatic N) is 1. The van der Waals surface area contributed by atoms with Crippen molar-refractivity contribution < 1.29 is 24.2 Å². The molecule has 7 heteroatoms. The van der Waals surface area contributed by atoms with Gasteiger partial charge in [-0.15, -0.1) is 0 Å². The van der Waals surface area contributed by atoms with E-state index in [2.05, 4.69) is 10.5 Å². The molecule has 3 aromatic rings. The number of amides is 1. The van der Waals surface area contributed by atoms with E-state index in [-0.39, 0.29) is 12.2 Å². The summed E-state index contributed by atoms with van der Waals surface area (Å²) in [5.74, 6) is -0.320. The summed E-state index contributed by atoms with van der Waals surface area (Å²) in [6, 6.07) is 17.7. The number of hydrogen-bond acceptors (Lipinski definition) is 5. The molecule has 0 fully saturated rings. The minimum atomic E-state index is -1.00. The number of hydrogen-bond donors (Lipinski definition) is 2. The molecule has 0 saturated carbocycles.